The van der Waals surface area contributed by atoms with Crippen molar-refractivity contribution in [1.82, 2.24) is 15.2 Å². The zero-order valence-corrected chi connectivity index (χ0v) is 10.4. The van der Waals surface area contributed by atoms with Crippen LogP contribution >= 0.6 is 0 Å². The van der Waals surface area contributed by atoms with Gasteiger partial charge in [-0.15, -0.1) is 0 Å². The average molecular weight is 236 g/mol. The first kappa shape index (κ1) is 13.3. The molecule has 5 nitrogen and oxygen atoms in total. The third kappa shape index (κ3) is 4.72. The van der Waals surface area contributed by atoms with Crippen molar-refractivity contribution < 1.29 is 0 Å². The van der Waals surface area contributed by atoms with Crippen LogP contribution in [0.15, 0.2) is 34.2 Å². The Bertz CT molecular complexity index is 411. The summed E-state index contributed by atoms with van der Waals surface area (Å²) in [5.41, 5.74) is 0.0616. The fraction of sp³-hybridized carbons (Fsp3) is 0.500. The van der Waals surface area contributed by atoms with E-state index in [4.69, 9.17) is 0 Å². The Kier molecular flexibility index (Phi) is 5.85. The second kappa shape index (κ2) is 7.49. The summed E-state index contributed by atoms with van der Waals surface area (Å²) in [6.45, 7) is 1.62. The summed E-state index contributed by atoms with van der Waals surface area (Å²) < 4.78 is 1.73. The lowest BCUT2D eigenvalue weighted by Crippen LogP contribution is -2.35. The molecule has 0 aromatic carbocycles. The average Bonchev–Trinajstić information content (AvgIpc) is 2.36. The molecule has 1 aromatic heterocycles. The van der Waals surface area contributed by atoms with Gasteiger partial charge in [-0.3, -0.25) is 9.79 Å². The third-order valence-corrected chi connectivity index (χ3v) is 2.48. The highest BCUT2D eigenvalue weighted by Gasteiger charge is 1.95. The van der Waals surface area contributed by atoms with E-state index in [0.29, 0.717) is 0 Å². The third-order valence-electron chi connectivity index (χ3n) is 2.48. The summed E-state index contributed by atoms with van der Waals surface area (Å²) in [5.74, 6) is 0.793. The van der Waals surface area contributed by atoms with Crippen LogP contribution in [0, 0.1) is 0 Å². The van der Waals surface area contributed by atoms with E-state index in [1.165, 1.54) is 0 Å². The van der Waals surface area contributed by atoms with Crippen LogP contribution in [0.2, 0.25) is 0 Å². The molecule has 0 aliphatic rings. The highest BCUT2D eigenvalue weighted by molar-refractivity contribution is 5.79. The zero-order chi connectivity index (χ0) is 12.5. The van der Waals surface area contributed by atoms with Crippen molar-refractivity contribution in [2.45, 2.75) is 19.4 Å². The van der Waals surface area contributed by atoms with E-state index in [9.17, 15) is 4.79 Å². The topological polar surface area (TPSA) is 58.4 Å². The SMILES string of the molecule is CN=C(NC)NCCCCn1ccccc1=O. The van der Waals surface area contributed by atoms with Gasteiger partial charge >= 0.3 is 0 Å². The van der Waals surface area contributed by atoms with Gasteiger partial charge in [-0.05, 0) is 18.9 Å². The molecular weight excluding hydrogens is 216 g/mol. The molecule has 0 aliphatic carbocycles. The maximum absolute atomic E-state index is 11.4. The van der Waals surface area contributed by atoms with Crippen molar-refractivity contribution in [2.75, 3.05) is 20.6 Å². The van der Waals surface area contributed by atoms with Crippen LogP contribution in [0.4, 0.5) is 0 Å². The monoisotopic (exact) mass is 236 g/mol. The first-order valence-electron chi connectivity index (χ1n) is 5.82. The van der Waals surface area contributed by atoms with Crippen molar-refractivity contribution in [3.63, 3.8) is 0 Å². The number of hydrogen-bond acceptors (Lipinski definition) is 2. The molecule has 94 valence electrons. The number of aromatic nitrogens is 1. The van der Waals surface area contributed by atoms with Crippen LogP contribution in [0.25, 0.3) is 0 Å². The van der Waals surface area contributed by atoms with E-state index >= 15 is 0 Å². The maximum Gasteiger partial charge on any atom is 0.250 e. The largest absolute Gasteiger partial charge is 0.359 e. The summed E-state index contributed by atoms with van der Waals surface area (Å²) in [6, 6.07) is 5.22. The quantitative estimate of drug-likeness (QED) is 0.442. The van der Waals surface area contributed by atoms with E-state index in [0.717, 1.165) is 31.9 Å². The van der Waals surface area contributed by atoms with Gasteiger partial charge in [0.25, 0.3) is 0 Å². The molecule has 5 heteroatoms. The van der Waals surface area contributed by atoms with E-state index < -0.39 is 0 Å². The predicted octanol–water partition coefficient (Wildman–Crippen LogP) is 0.423. The molecule has 0 aliphatic heterocycles. The van der Waals surface area contributed by atoms with Crippen molar-refractivity contribution in [3.8, 4) is 0 Å². The van der Waals surface area contributed by atoms with Crippen LogP contribution in [-0.4, -0.2) is 31.2 Å². The Morgan fingerprint density at radius 2 is 2.24 bits per heavy atom. The van der Waals surface area contributed by atoms with E-state index in [2.05, 4.69) is 15.6 Å². The maximum atomic E-state index is 11.4. The van der Waals surface area contributed by atoms with E-state index in [1.54, 1.807) is 23.7 Å². The molecule has 1 heterocycles. The Balaban J connectivity index is 2.21. The molecule has 0 spiro atoms. The summed E-state index contributed by atoms with van der Waals surface area (Å²) in [4.78, 5) is 15.4. The summed E-state index contributed by atoms with van der Waals surface area (Å²) >= 11 is 0. The smallest absolute Gasteiger partial charge is 0.250 e. The van der Waals surface area contributed by atoms with Gasteiger partial charge in [0.1, 0.15) is 0 Å². The number of aliphatic imine (C=N–C) groups is 1. The minimum absolute atomic E-state index is 0.0616. The molecule has 0 atom stereocenters. The van der Waals surface area contributed by atoms with Gasteiger partial charge in [-0.25, -0.2) is 0 Å². The number of nitrogens with one attached hydrogen (secondary N) is 2. The molecule has 0 radical (unpaired) electrons. The molecule has 0 unspecified atom stereocenters. The lowest BCUT2D eigenvalue weighted by molar-refractivity contribution is 0.586. The van der Waals surface area contributed by atoms with Gasteiger partial charge in [0.05, 0.1) is 0 Å². The molecule has 1 rings (SSSR count). The zero-order valence-electron chi connectivity index (χ0n) is 10.4. The molecule has 0 saturated carbocycles. The first-order chi connectivity index (χ1) is 8.27. The van der Waals surface area contributed by atoms with Crippen LogP contribution in [0.5, 0.6) is 0 Å². The molecule has 1 aromatic rings. The van der Waals surface area contributed by atoms with E-state index in [1.807, 2.05) is 19.3 Å². The van der Waals surface area contributed by atoms with Crippen molar-refractivity contribution in [3.05, 3.63) is 34.7 Å². The summed E-state index contributed by atoms with van der Waals surface area (Å²) in [7, 11) is 3.57. The molecule has 17 heavy (non-hydrogen) atoms. The number of pyridine rings is 1. The Morgan fingerprint density at radius 1 is 1.41 bits per heavy atom. The van der Waals surface area contributed by atoms with Crippen LogP contribution < -0.4 is 16.2 Å². The molecule has 2 N–H and O–H groups in total. The minimum atomic E-state index is 0.0616. The van der Waals surface area contributed by atoms with E-state index in [-0.39, 0.29) is 5.56 Å². The van der Waals surface area contributed by atoms with Crippen LogP contribution in [0.3, 0.4) is 0 Å². The van der Waals surface area contributed by atoms with Crippen molar-refractivity contribution >= 4 is 5.96 Å². The number of guanidine groups is 1. The summed E-state index contributed by atoms with van der Waals surface area (Å²) in [6.07, 6.45) is 3.79. The Morgan fingerprint density at radius 3 is 2.88 bits per heavy atom. The Hall–Kier alpha value is -1.78. The van der Waals surface area contributed by atoms with Gasteiger partial charge in [0.15, 0.2) is 5.96 Å². The van der Waals surface area contributed by atoms with Gasteiger partial charge in [-0.2, -0.15) is 0 Å². The molecule has 0 amide bonds. The van der Waals surface area contributed by atoms with Gasteiger partial charge in [0.2, 0.25) is 5.56 Å². The number of hydrogen-bond donors (Lipinski definition) is 2. The van der Waals surface area contributed by atoms with Gasteiger partial charge in [-0.1, -0.05) is 6.07 Å². The molecule has 0 saturated heterocycles. The standard InChI is InChI=1S/C12H20N4O/c1-13-12(14-2)15-8-4-6-10-16-9-5-3-7-11(16)17/h3,5,7,9H,4,6,8,10H2,1-2H3,(H2,13,14,15). The van der Waals surface area contributed by atoms with Gasteiger partial charge in [0, 0.05) is 39.4 Å². The Labute approximate surface area is 102 Å². The van der Waals surface area contributed by atoms with Gasteiger partial charge < -0.3 is 15.2 Å². The minimum Gasteiger partial charge on any atom is -0.359 e. The molecule has 0 fully saturated rings. The highest BCUT2D eigenvalue weighted by atomic mass is 16.1. The predicted molar refractivity (Wildman–Crippen MR) is 70.4 cm³/mol. The summed E-state index contributed by atoms with van der Waals surface area (Å²) in [5, 5.41) is 6.12. The fourth-order valence-electron chi connectivity index (χ4n) is 1.54. The van der Waals surface area contributed by atoms with Crippen LogP contribution in [0.1, 0.15) is 12.8 Å². The second-order valence-electron chi connectivity index (χ2n) is 3.69. The highest BCUT2D eigenvalue weighted by Crippen LogP contribution is 1.91. The lowest BCUT2D eigenvalue weighted by Gasteiger charge is -2.08. The number of rotatable bonds is 5. The fourth-order valence-corrected chi connectivity index (χ4v) is 1.54. The molecular formula is C12H20N4O. The number of nitrogens with zero attached hydrogens (tertiary/aromatic N) is 2. The molecule has 0 bridgehead atoms. The van der Waals surface area contributed by atoms with Crippen molar-refractivity contribution in [2.24, 2.45) is 4.99 Å². The lowest BCUT2D eigenvalue weighted by atomic mass is 10.3. The normalized spacial score (nSPS) is 11.3. The number of unbranched alkanes of at least 4 members (excludes halogenated alkanes) is 1. The number of aryl methyl sites for hydroxylation is 1. The second-order valence-corrected chi connectivity index (χ2v) is 3.69. The van der Waals surface area contributed by atoms with Crippen LogP contribution in [-0.2, 0) is 6.54 Å². The first-order valence-corrected chi connectivity index (χ1v) is 5.82. The van der Waals surface area contributed by atoms with Crippen molar-refractivity contribution in [1.29, 1.82) is 0 Å².